The highest BCUT2D eigenvalue weighted by Crippen LogP contribution is 2.55. The maximum Gasteiger partial charge on any atom is -0.00137 e. The Morgan fingerprint density at radius 1 is 0.229 bits per heavy atom. The van der Waals surface area contributed by atoms with E-state index in [2.05, 4.69) is 170 Å². The molecule has 220 valence electrons. The Hall–Kier alpha value is -6.24. The van der Waals surface area contributed by atoms with Crippen LogP contribution < -0.4 is 0 Å². The predicted octanol–water partition coefficient (Wildman–Crippen LogP) is 13.5. The van der Waals surface area contributed by atoms with Crippen LogP contribution in [-0.2, 0) is 0 Å². The van der Waals surface area contributed by atoms with Crippen LogP contribution in [0.1, 0.15) is 0 Å². The lowest BCUT2D eigenvalue weighted by atomic mass is 9.84. The number of hydrogen-bond acceptors (Lipinski definition) is 0. The van der Waals surface area contributed by atoms with E-state index in [1.165, 1.54) is 109 Å². The topological polar surface area (TPSA) is 0 Å². The normalized spacial score (nSPS) is 12.2. The lowest BCUT2D eigenvalue weighted by Crippen LogP contribution is -1.92. The van der Waals surface area contributed by atoms with Crippen LogP contribution in [0.25, 0.3) is 109 Å². The summed E-state index contributed by atoms with van der Waals surface area (Å²) in [5.74, 6) is 0. The second-order valence-corrected chi connectivity index (χ2v) is 13.2. The van der Waals surface area contributed by atoms with Crippen molar-refractivity contribution in [1.29, 1.82) is 0 Å². The molecule has 0 aromatic heterocycles. The molecular weight excluding hydrogens is 577 g/mol. The summed E-state index contributed by atoms with van der Waals surface area (Å²) in [6.07, 6.45) is 0. The van der Waals surface area contributed by atoms with Crippen LogP contribution in [0, 0.1) is 0 Å². The minimum atomic E-state index is 1.25. The number of benzene rings is 10. The third kappa shape index (κ3) is 3.44. The molecule has 0 bridgehead atoms. The summed E-state index contributed by atoms with van der Waals surface area (Å²) >= 11 is 0. The first-order valence-corrected chi connectivity index (χ1v) is 16.8. The van der Waals surface area contributed by atoms with Gasteiger partial charge in [-0.25, -0.2) is 0 Å². The summed E-state index contributed by atoms with van der Waals surface area (Å²) in [5, 5.41) is 13.2. The summed E-state index contributed by atoms with van der Waals surface area (Å²) in [5.41, 5.74) is 13.0. The van der Waals surface area contributed by atoms with Crippen LogP contribution in [-0.4, -0.2) is 0 Å². The summed E-state index contributed by atoms with van der Waals surface area (Å²) in [6.45, 7) is 0. The Kier molecular flexibility index (Phi) is 5.20. The third-order valence-corrected chi connectivity index (χ3v) is 10.7. The van der Waals surface area contributed by atoms with Gasteiger partial charge in [0.2, 0.25) is 0 Å². The second-order valence-electron chi connectivity index (χ2n) is 13.2. The van der Waals surface area contributed by atoms with Crippen LogP contribution in [0.4, 0.5) is 0 Å². The molecule has 0 spiro atoms. The zero-order valence-electron chi connectivity index (χ0n) is 26.2. The first-order valence-electron chi connectivity index (χ1n) is 16.8. The van der Waals surface area contributed by atoms with Crippen LogP contribution in [0.3, 0.4) is 0 Å². The molecular formula is C48H28. The van der Waals surface area contributed by atoms with Gasteiger partial charge in [0.15, 0.2) is 0 Å². The van der Waals surface area contributed by atoms with Gasteiger partial charge in [0.05, 0.1) is 0 Å². The van der Waals surface area contributed by atoms with Crippen LogP contribution in [0.5, 0.6) is 0 Å². The Bertz CT molecular complexity index is 2900. The Morgan fingerprint density at radius 2 is 0.729 bits per heavy atom. The molecule has 1 aliphatic rings. The van der Waals surface area contributed by atoms with Gasteiger partial charge in [0, 0.05) is 0 Å². The van der Waals surface area contributed by atoms with Crippen molar-refractivity contribution in [3.05, 3.63) is 170 Å². The summed E-state index contributed by atoms with van der Waals surface area (Å²) in [6, 6.07) is 63.1. The van der Waals surface area contributed by atoms with Crippen molar-refractivity contribution >= 4 is 53.9 Å². The molecule has 0 saturated heterocycles. The smallest absolute Gasteiger partial charge is 0.00137 e. The summed E-state index contributed by atoms with van der Waals surface area (Å²) < 4.78 is 0. The maximum absolute atomic E-state index is 2.51. The minimum Gasteiger partial charge on any atom is -0.0622 e. The standard InChI is InChI=1S/C48H28/c1-4-12-29(13-5-1)34-23-22-33-26-41-40-28-43-42(27-39(40)38-25-21-32-20-24-37(34)46(33)47(32)48(38)41)44(30-14-6-2-7-15-30)35-18-10-11-19-36(35)45(43)31-16-8-3-9-17-31/h1-28H. The van der Waals surface area contributed by atoms with E-state index in [0.29, 0.717) is 0 Å². The number of hydrogen-bond donors (Lipinski definition) is 0. The molecule has 10 aromatic rings. The van der Waals surface area contributed by atoms with E-state index in [4.69, 9.17) is 0 Å². The maximum atomic E-state index is 2.51. The Labute approximate surface area is 278 Å². The molecule has 1 aliphatic carbocycles. The molecule has 0 fully saturated rings. The highest BCUT2D eigenvalue weighted by atomic mass is 14.3. The first kappa shape index (κ1) is 25.9. The van der Waals surface area contributed by atoms with Crippen LogP contribution in [0.2, 0.25) is 0 Å². The molecule has 10 aromatic carbocycles. The SMILES string of the molecule is c1ccc(-c2c3ccccc3c(-c3ccccc3)c3cc4c(cc23)-c2ccc3ccc5c(-c6ccccc6)ccc6cc-4c2c3c65)cc1. The first-order chi connectivity index (χ1) is 23.8. The third-order valence-electron chi connectivity index (χ3n) is 10.7. The van der Waals surface area contributed by atoms with E-state index in [1.54, 1.807) is 0 Å². The van der Waals surface area contributed by atoms with Crippen molar-refractivity contribution in [3.8, 4) is 55.6 Å². The number of fused-ring (bicyclic) bond motifs is 5. The van der Waals surface area contributed by atoms with E-state index < -0.39 is 0 Å². The minimum absolute atomic E-state index is 1.25. The van der Waals surface area contributed by atoms with Gasteiger partial charge in [0.25, 0.3) is 0 Å². The van der Waals surface area contributed by atoms with Gasteiger partial charge in [-0.15, -0.1) is 0 Å². The van der Waals surface area contributed by atoms with Gasteiger partial charge in [-0.1, -0.05) is 152 Å². The largest absolute Gasteiger partial charge is 0.0622 e. The van der Waals surface area contributed by atoms with Gasteiger partial charge in [-0.05, 0) is 128 Å². The molecule has 0 heteroatoms. The molecule has 0 radical (unpaired) electrons. The quantitative estimate of drug-likeness (QED) is 0.139. The van der Waals surface area contributed by atoms with Crippen molar-refractivity contribution < 1.29 is 0 Å². The molecule has 48 heavy (non-hydrogen) atoms. The fourth-order valence-corrected chi connectivity index (χ4v) is 8.72. The number of rotatable bonds is 3. The highest BCUT2D eigenvalue weighted by molar-refractivity contribution is 6.34. The van der Waals surface area contributed by atoms with Gasteiger partial charge >= 0.3 is 0 Å². The van der Waals surface area contributed by atoms with E-state index in [1.807, 2.05) is 0 Å². The van der Waals surface area contributed by atoms with Crippen molar-refractivity contribution in [1.82, 2.24) is 0 Å². The summed E-state index contributed by atoms with van der Waals surface area (Å²) in [4.78, 5) is 0. The lowest BCUT2D eigenvalue weighted by Gasteiger charge is -2.19. The summed E-state index contributed by atoms with van der Waals surface area (Å²) in [7, 11) is 0. The van der Waals surface area contributed by atoms with Crippen molar-refractivity contribution in [2.75, 3.05) is 0 Å². The molecule has 0 N–H and O–H groups in total. The molecule has 11 rings (SSSR count). The molecule has 0 amide bonds. The van der Waals surface area contributed by atoms with E-state index in [9.17, 15) is 0 Å². The fraction of sp³-hybridized carbons (Fsp3) is 0. The molecule has 0 unspecified atom stereocenters. The van der Waals surface area contributed by atoms with Crippen LogP contribution >= 0.6 is 0 Å². The second kappa shape index (κ2) is 9.64. The average molecular weight is 605 g/mol. The van der Waals surface area contributed by atoms with E-state index in [0.717, 1.165) is 0 Å². The zero-order chi connectivity index (χ0) is 31.3. The highest BCUT2D eigenvalue weighted by Gasteiger charge is 2.27. The van der Waals surface area contributed by atoms with Gasteiger partial charge in [-0.3, -0.25) is 0 Å². The van der Waals surface area contributed by atoms with Crippen molar-refractivity contribution in [2.24, 2.45) is 0 Å². The molecule has 0 aliphatic heterocycles. The fourth-order valence-electron chi connectivity index (χ4n) is 8.72. The molecule has 0 heterocycles. The zero-order valence-corrected chi connectivity index (χ0v) is 26.2. The van der Waals surface area contributed by atoms with Crippen LogP contribution in [0.15, 0.2) is 170 Å². The monoisotopic (exact) mass is 604 g/mol. The predicted molar refractivity (Wildman–Crippen MR) is 206 cm³/mol. The van der Waals surface area contributed by atoms with E-state index in [-0.39, 0.29) is 0 Å². The van der Waals surface area contributed by atoms with Gasteiger partial charge in [0.1, 0.15) is 0 Å². The Balaban J connectivity index is 1.30. The van der Waals surface area contributed by atoms with E-state index >= 15 is 0 Å². The molecule has 0 saturated carbocycles. The molecule has 0 atom stereocenters. The Morgan fingerprint density at radius 3 is 1.35 bits per heavy atom. The van der Waals surface area contributed by atoms with Crippen molar-refractivity contribution in [2.45, 2.75) is 0 Å². The van der Waals surface area contributed by atoms with Gasteiger partial charge < -0.3 is 0 Å². The lowest BCUT2D eigenvalue weighted by molar-refractivity contribution is 1.65. The average Bonchev–Trinajstić information content (AvgIpc) is 3.46. The van der Waals surface area contributed by atoms with Gasteiger partial charge in [-0.2, -0.15) is 0 Å². The molecule has 0 nitrogen and oxygen atoms in total. The van der Waals surface area contributed by atoms with Crippen molar-refractivity contribution in [3.63, 3.8) is 0 Å².